The third-order valence-electron chi connectivity index (χ3n) is 4.64. The molecule has 146 valence electrons. The molecule has 0 amide bonds. The first-order valence-electron chi connectivity index (χ1n) is 8.97. The number of halogens is 1. The van der Waals surface area contributed by atoms with Crippen LogP contribution in [0.1, 0.15) is 22.3 Å². The van der Waals surface area contributed by atoms with Gasteiger partial charge in [0.25, 0.3) is 0 Å². The van der Waals surface area contributed by atoms with Crippen molar-refractivity contribution in [3.63, 3.8) is 0 Å². The molecule has 0 bridgehead atoms. The molecule has 0 heterocycles. The molecule has 0 radical (unpaired) electrons. The smallest absolute Gasteiger partial charge is 0.123 e. The molecule has 0 fully saturated rings. The lowest BCUT2D eigenvalue weighted by atomic mass is 10.0. The topological polar surface area (TPSA) is 55.4 Å². The van der Waals surface area contributed by atoms with Gasteiger partial charge >= 0.3 is 0 Å². The zero-order chi connectivity index (χ0) is 19.9. The molecular weight excluding hydrogens is 375 g/mol. The average Bonchev–Trinajstić information content (AvgIpc) is 2.69. The summed E-state index contributed by atoms with van der Waals surface area (Å²) in [5, 5.41) is 0. The summed E-state index contributed by atoms with van der Waals surface area (Å²) in [4.78, 5) is 2.22. The van der Waals surface area contributed by atoms with Crippen molar-refractivity contribution in [2.45, 2.75) is 26.6 Å². The molecule has 0 aliphatic heterocycles. The van der Waals surface area contributed by atoms with Crippen molar-refractivity contribution in [3.05, 3.63) is 101 Å². The van der Waals surface area contributed by atoms with E-state index in [4.69, 9.17) is 0 Å². The van der Waals surface area contributed by atoms with Crippen LogP contribution in [0, 0.1) is 12.7 Å². The van der Waals surface area contributed by atoms with Crippen LogP contribution < -0.4 is 9.62 Å². The molecule has 3 rings (SSSR count). The molecule has 28 heavy (non-hydrogen) atoms. The van der Waals surface area contributed by atoms with Crippen molar-refractivity contribution >= 4 is 17.0 Å². The van der Waals surface area contributed by atoms with Gasteiger partial charge in [-0.25, -0.2) is 9.11 Å². The largest absolute Gasteiger partial charge is 0.760 e. The van der Waals surface area contributed by atoms with Gasteiger partial charge in [0.05, 0.1) is 0 Å². The van der Waals surface area contributed by atoms with E-state index in [9.17, 15) is 13.2 Å². The molecule has 4 nitrogen and oxygen atoms in total. The second-order valence-corrected chi connectivity index (χ2v) is 7.34. The summed E-state index contributed by atoms with van der Waals surface area (Å²) in [6.45, 7) is 3.53. The number of anilines is 1. The van der Waals surface area contributed by atoms with Crippen LogP contribution in [-0.2, 0) is 30.9 Å². The molecular formula is C22H22FN2O2S-. The summed E-state index contributed by atoms with van der Waals surface area (Å²) in [5.41, 5.74) is 5.11. The van der Waals surface area contributed by atoms with Gasteiger partial charge in [-0.3, -0.25) is 4.21 Å². The van der Waals surface area contributed by atoms with Gasteiger partial charge in [0.15, 0.2) is 0 Å². The number of benzene rings is 3. The summed E-state index contributed by atoms with van der Waals surface area (Å²) in [7, 11) is 0. The first kappa shape index (κ1) is 20.2. The summed E-state index contributed by atoms with van der Waals surface area (Å²) in [6.07, 6.45) is 0. The fraction of sp³-hybridized carbons (Fsp3) is 0.182. The standard InChI is InChI=1S/C22H23FN2O2S/c1-17-20(14-24-28(26)27)8-5-9-22(17)25(15-18-6-3-2-4-7-18)16-19-10-12-21(23)13-11-19/h2-13,24H,14-16H2,1H3,(H,26,27)/p-1. The summed E-state index contributed by atoms with van der Waals surface area (Å²) >= 11 is -2.31. The monoisotopic (exact) mass is 397 g/mol. The summed E-state index contributed by atoms with van der Waals surface area (Å²) in [6, 6.07) is 22.5. The zero-order valence-electron chi connectivity index (χ0n) is 15.6. The van der Waals surface area contributed by atoms with Gasteiger partial charge in [-0.15, -0.1) is 0 Å². The van der Waals surface area contributed by atoms with Crippen LogP contribution in [-0.4, -0.2) is 8.76 Å². The van der Waals surface area contributed by atoms with Crippen molar-refractivity contribution < 1.29 is 13.2 Å². The van der Waals surface area contributed by atoms with E-state index in [1.54, 1.807) is 12.1 Å². The van der Waals surface area contributed by atoms with Crippen LogP contribution >= 0.6 is 0 Å². The van der Waals surface area contributed by atoms with E-state index in [1.165, 1.54) is 12.1 Å². The summed E-state index contributed by atoms with van der Waals surface area (Å²) < 4.78 is 37.4. The minimum absolute atomic E-state index is 0.242. The highest BCUT2D eigenvalue weighted by molar-refractivity contribution is 7.77. The number of rotatable bonds is 8. The number of hydrogen-bond acceptors (Lipinski definition) is 3. The van der Waals surface area contributed by atoms with Gasteiger partial charge in [0.1, 0.15) is 5.82 Å². The summed E-state index contributed by atoms with van der Waals surface area (Å²) in [5.74, 6) is -0.256. The Balaban J connectivity index is 1.92. The molecule has 0 aliphatic carbocycles. The highest BCUT2D eigenvalue weighted by Gasteiger charge is 2.13. The van der Waals surface area contributed by atoms with E-state index in [1.807, 2.05) is 43.3 Å². The highest BCUT2D eigenvalue weighted by atomic mass is 32.2. The zero-order valence-corrected chi connectivity index (χ0v) is 16.4. The molecule has 0 saturated carbocycles. The predicted molar refractivity (Wildman–Crippen MR) is 110 cm³/mol. The van der Waals surface area contributed by atoms with Gasteiger partial charge in [-0.2, -0.15) is 0 Å². The Morgan fingerprint density at radius 1 is 0.929 bits per heavy atom. The maximum Gasteiger partial charge on any atom is 0.123 e. The molecule has 6 heteroatoms. The third kappa shape index (κ3) is 5.48. The lowest BCUT2D eigenvalue weighted by Crippen LogP contribution is -2.24. The van der Waals surface area contributed by atoms with E-state index >= 15 is 0 Å². The fourth-order valence-corrected chi connectivity index (χ4v) is 3.45. The lowest BCUT2D eigenvalue weighted by Gasteiger charge is -2.28. The minimum Gasteiger partial charge on any atom is -0.760 e. The van der Waals surface area contributed by atoms with Crippen molar-refractivity contribution in [2.24, 2.45) is 0 Å². The Bertz CT molecular complexity index is 933. The van der Waals surface area contributed by atoms with Gasteiger partial charge in [-0.1, -0.05) is 54.6 Å². The Morgan fingerprint density at radius 3 is 2.21 bits per heavy atom. The van der Waals surface area contributed by atoms with Crippen LogP contribution in [0.5, 0.6) is 0 Å². The second-order valence-electron chi connectivity index (χ2n) is 6.59. The van der Waals surface area contributed by atoms with Gasteiger partial charge in [-0.05, 0) is 47.4 Å². The number of nitrogens with zero attached hydrogens (tertiary/aromatic N) is 1. The Morgan fingerprint density at radius 2 is 1.57 bits per heavy atom. The molecule has 1 N–H and O–H groups in total. The SMILES string of the molecule is Cc1c(CNS(=O)[O-])cccc1N(Cc1ccccc1)Cc1ccc(F)cc1. The fourth-order valence-electron chi connectivity index (χ4n) is 3.18. The van der Waals surface area contributed by atoms with Crippen LogP contribution in [0.2, 0.25) is 0 Å². The van der Waals surface area contributed by atoms with E-state index < -0.39 is 11.3 Å². The first-order chi connectivity index (χ1) is 13.5. The minimum atomic E-state index is -2.31. The third-order valence-corrected chi connectivity index (χ3v) is 5.02. The normalized spacial score (nSPS) is 12.0. The predicted octanol–water partition coefficient (Wildman–Crippen LogP) is 4.22. The van der Waals surface area contributed by atoms with E-state index in [0.717, 1.165) is 27.9 Å². The van der Waals surface area contributed by atoms with Crippen LogP contribution in [0.15, 0.2) is 72.8 Å². The van der Waals surface area contributed by atoms with Crippen molar-refractivity contribution in [1.29, 1.82) is 0 Å². The molecule has 3 aromatic carbocycles. The highest BCUT2D eigenvalue weighted by Crippen LogP contribution is 2.27. The number of hydrogen-bond donors (Lipinski definition) is 1. The van der Waals surface area contributed by atoms with Gasteiger partial charge in [0.2, 0.25) is 0 Å². The number of nitrogens with one attached hydrogen (secondary N) is 1. The van der Waals surface area contributed by atoms with E-state index in [2.05, 4.69) is 21.8 Å². The molecule has 0 saturated heterocycles. The van der Waals surface area contributed by atoms with Crippen LogP contribution in [0.4, 0.5) is 10.1 Å². The molecule has 3 aromatic rings. The molecule has 0 aromatic heterocycles. The lowest BCUT2D eigenvalue weighted by molar-refractivity contribution is 0.522. The van der Waals surface area contributed by atoms with Gasteiger partial charge < -0.3 is 9.45 Å². The first-order valence-corrected chi connectivity index (χ1v) is 10.0. The van der Waals surface area contributed by atoms with Crippen molar-refractivity contribution in [3.8, 4) is 0 Å². The van der Waals surface area contributed by atoms with E-state index in [0.29, 0.717) is 13.1 Å². The maximum absolute atomic E-state index is 13.3. The van der Waals surface area contributed by atoms with Crippen molar-refractivity contribution in [1.82, 2.24) is 4.72 Å². The Labute approximate surface area is 167 Å². The molecule has 1 atom stereocenters. The quantitative estimate of drug-likeness (QED) is 0.579. The van der Waals surface area contributed by atoms with Crippen LogP contribution in [0.3, 0.4) is 0 Å². The maximum atomic E-state index is 13.3. The Kier molecular flexibility index (Phi) is 6.92. The average molecular weight is 397 g/mol. The molecule has 0 spiro atoms. The van der Waals surface area contributed by atoms with Crippen LogP contribution in [0.25, 0.3) is 0 Å². The van der Waals surface area contributed by atoms with Gasteiger partial charge in [0, 0.05) is 36.6 Å². The molecule has 0 aliphatic rings. The van der Waals surface area contributed by atoms with E-state index in [-0.39, 0.29) is 12.4 Å². The Hall–Kier alpha value is -2.54. The second kappa shape index (κ2) is 9.59. The van der Waals surface area contributed by atoms with Crippen molar-refractivity contribution in [2.75, 3.05) is 4.90 Å². The molecule has 1 unspecified atom stereocenters.